The summed E-state index contributed by atoms with van der Waals surface area (Å²) in [6.07, 6.45) is 6.23. The first kappa shape index (κ1) is 13.1. The highest BCUT2D eigenvalue weighted by Gasteiger charge is 2.10. The number of rotatable bonds is 2. The Morgan fingerprint density at radius 2 is 1.88 bits per heavy atom. The summed E-state index contributed by atoms with van der Waals surface area (Å²) in [6.45, 7) is 0. The Morgan fingerprint density at radius 1 is 0.917 bits per heavy atom. The van der Waals surface area contributed by atoms with Crippen LogP contribution in [0.3, 0.4) is 0 Å². The van der Waals surface area contributed by atoms with Crippen molar-refractivity contribution in [1.82, 2.24) is 14.4 Å². The fourth-order valence-electron chi connectivity index (χ4n) is 3.15. The van der Waals surface area contributed by atoms with Gasteiger partial charge in [0.05, 0.1) is 5.69 Å². The van der Waals surface area contributed by atoms with Gasteiger partial charge in [-0.25, -0.2) is 4.98 Å². The van der Waals surface area contributed by atoms with Crippen molar-refractivity contribution in [3.8, 4) is 22.4 Å². The second kappa shape index (κ2) is 5.10. The van der Waals surface area contributed by atoms with E-state index in [1.54, 1.807) is 0 Å². The molecule has 24 heavy (non-hydrogen) atoms. The summed E-state index contributed by atoms with van der Waals surface area (Å²) < 4.78 is 2.08. The molecule has 0 amide bonds. The molecule has 2 aromatic carbocycles. The van der Waals surface area contributed by atoms with E-state index in [2.05, 4.69) is 64.2 Å². The predicted molar refractivity (Wildman–Crippen MR) is 96.8 cm³/mol. The van der Waals surface area contributed by atoms with Gasteiger partial charge in [-0.05, 0) is 41.5 Å². The molecular formula is C21H14N3. The summed E-state index contributed by atoms with van der Waals surface area (Å²) in [5, 5.41) is 1.19. The maximum Gasteiger partial charge on any atom is 0.137 e. The van der Waals surface area contributed by atoms with Gasteiger partial charge in [-0.2, -0.15) is 0 Å². The van der Waals surface area contributed by atoms with Crippen LogP contribution in [0.2, 0.25) is 0 Å². The van der Waals surface area contributed by atoms with Crippen LogP contribution in [0.5, 0.6) is 0 Å². The summed E-state index contributed by atoms with van der Waals surface area (Å²) in [5.74, 6) is 0. The Hall–Kier alpha value is -3.33. The third kappa shape index (κ3) is 2.02. The Kier molecular flexibility index (Phi) is 2.79. The number of imidazole rings is 1. The van der Waals surface area contributed by atoms with Gasteiger partial charge in [0.2, 0.25) is 0 Å². The van der Waals surface area contributed by atoms with E-state index in [1.807, 2.05) is 30.5 Å². The number of nitrogens with zero attached hydrogens (tertiary/aromatic N) is 2. The maximum absolute atomic E-state index is 4.78. The van der Waals surface area contributed by atoms with Crippen LogP contribution in [-0.4, -0.2) is 14.4 Å². The monoisotopic (exact) mass is 308 g/mol. The van der Waals surface area contributed by atoms with Crippen LogP contribution in [-0.2, 0) is 0 Å². The van der Waals surface area contributed by atoms with Gasteiger partial charge >= 0.3 is 0 Å². The molecule has 0 saturated heterocycles. The number of aromatic amines is 1. The lowest BCUT2D eigenvalue weighted by Gasteiger charge is -2.01. The number of nitrogens with one attached hydrogen (secondary N) is 1. The Balaban J connectivity index is 1.66. The van der Waals surface area contributed by atoms with E-state index in [0.717, 1.165) is 33.5 Å². The Morgan fingerprint density at radius 3 is 2.79 bits per heavy atom. The number of H-pyrrole nitrogens is 1. The zero-order valence-electron chi connectivity index (χ0n) is 12.9. The molecule has 5 aromatic rings. The minimum atomic E-state index is 0.943. The van der Waals surface area contributed by atoms with Crippen molar-refractivity contribution in [2.24, 2.45) is 0 Å². The van der Waals surface area contributed by atoms with Gasteiger partial charge in [0.15, 0.2) is 0 Å². The van der Waals surface area contributed by atoms with Crippen molar-refractivity contribution >= 4 is 16.6 Å². The molecule has 3 heterocycles. The lowest BCUT2D eigenvalue weighted by atomic mass is 10.1. The molecule has 0 atom stereocenters. The summed E-state index contributed by atoms with van der Waals surface area (Å²) in [4.78, 5) is 8.09. The van der Waals surface area contributed by atoms with Gasteiger partial charge in [0.25, 0.3) is 0 Å². The molecule has 5 rings (SSSR count). The highest BCUT2D eigenvalue weighted by Crippen LogP contribution is 2.28. The molecule has 113 valence electrons. The fourth-order valence-corrected chi connectivity index (χ4v) is 3.15. The second-order valence-corrected chi connectivity index (χ2v) is 5.85. The van der Waals surface area contributed by atoms with E-state index < -0.39 is 0 Å². The van der Waals surface area contributed by atoms with E-state index in [9.17, 15) is 0 Å². The summed E-state index contributed by atoms with van der Waals surface area (Å²) in [5.41, 5.74) is 6.49. The van der Waals surface area contributed by atoms with Crippen LogP contribution in [0.1, 0.15) is 0 Å². The van der Waals surface area contributed by atoms with Gasteiger partial charge in [-0.15, -0.1) is 0 Å². The van der Waals surface area contributed by atoms with E-state index in [1.165, 1.54) is 5.39 Å². The van der Waals surface area contributed by atoms with Gasteiger partial charge < -0.3 is 9.38 Å². The first-order valence-electron chi connectivity index (χ1n) is 7.90. The molecule has 0 saturated carbocycles. The van der Waals surface area contributed by atoms with Crippen molar-refractivity contribution in [2.45, 2.75) is 0 Å². The normalized spacial score (nSPS) is 11.3. The van der Waals surface area contributed by atoms with Crippen LogP contribution in [0.4, 0.5) is 0 Å². The third-order valence-corrected chi connectivity index (χ3v) is 4.36. The van der Waals surface area contributed by atoms with Crippen molar-refractivity contribution in [3.05, 3.63) is 85.3 Å². The highest BCUT2D eigenvalue weighted by atomic mass is 15.0. The molecule has 0 aliphatic rings. The maximum atomic E-state index is 4.78. The van der Waals surface area contributed by atoms with Crippen molar-refractivity contribution in [3.63, 3.8) is 0 Å². The molecule has 3 nitrogen and oxygen atoms in total. The first-order chi connectivity index (χ1) is 11.9. The zero-order valence-corrected chi connectivity index (χ0v) is 12.9. The molecule has 0 aliphatic carbocycles. The SMILES string of the molecule is [c]1cccc(-c2ccc3nc(-c4c[nH]c5ccccc45)cn3c2)c1. The van der Waals surface area contributed by atoms with Crippen LogP contribution in [0, 0.1) is 6.07 Å². The average Bonchev–Trinajstić information content (AvgIpc) is 3.25. The van der Waals surface area contributed by atoms with Crippen LogP contribution >= 0.6 is 0 Å². The summed E-state index contributed by atoms with van der Waals surface area (Å²) in [7, 11) is 0. The molecule has 1 N–H and O–H groups in total. The van der Waals surface area contributed by atoms with Crippen LogP contribution in [0.25, 0.3) is 38.9 Å². The number of hydrogen-bond donors (Lipinski definition) is 1. The number of para-hydroxylation sites is 1. The molecule has 3 heteroatoms. The molecule has 0 fully saturated rings. The summed E-state index contributed by atoms with van der Waals surface area (Å²) >= 11 is 0. The molecule has 0 bridgehead atoms. The molecule has 0 unspecified atom stereocenters. The standard InChI is InChI=1S/C21H14N3/c1-2-6-15(7-3-1)16-10-11-21-23-20(14-24(21)13-16)18-12-22-19-9-5-4-8-17(18)19/h1-2,4-14,22H. The van der Waals surface area contributed by atoms with Gasteiger partial charge in [-0.3, -0.25) is 0 Å². The second-order valence-electron chi connectivity index (χ2n) is 5.85. The number of pyridine rings is 1. The van der Waals surface area contributed by atoms with E-state index in [0.29, 0.717) is 0 Å². The van der Waals surface area contributed by atoms with E-state index in [-0.39, 0.29) is 0 Å². The van der Waals surface area contributed by atoms with E-state index in [4.69, 9.17) is 4.98 Å². The fraction of sp³-hybridized carbons (Fsp3) is 0. The minimum Gasteiger partial charge on any atom is -0.360 e. The molecule has 1 radical (unpaired) electrons. The Labute approximate surface area is 139 Å². The number of hydrogen-bond acceptors (Lipinski definition) is 1. The predicted octanol–water partition coefficient (Wildman–Crippen LogP) is 4.95. The lowest BCUT2D eigenvalue weighted by molar-refractivity contribution is 1.19. The van der Waals surface area contributed by atoms with Gasteiger partial charge in [-0.1, -0.05) is 36.4 Å². The third-order valence-electron chi connectivity index (χ3n) is 4.36. The minimum absolute atomic E-state index is 0.943. The van der Waals surface area contributed by atoms with Crippen LogP contribution in [0.15, 0.2) is 79.3 Å². The van der Waals surface area contributed by atoms with Crippen molar-refractivity contribution < 1.29 is 0 Å². The van der Waals surface area contributed by atoms with Gasteiger partial charge in [0.1, 0.15) is 5.65 Å². The molecule has 0 aliphatic heterocycles. The topological polar surface area (TPSA) is 33.1 Å². The molecular weight excluding hydrogens is 294 g/mol. The number of fused-ring (bicyclic) bond motifs is 2. The lowest BCUT2D eigenvalue weighted by Crippen LogP contribution is -1.84. The largest absolute Gasteiger partial charge is 0.360 e. The van der Waals surface area contributed by atoms with Crippen molar-refractivity contribution in [1.29, 1.82) is 0 Å². The molecule has 0 spiro atoms. The van der Waals surface area contributed by atoms with Crippen LogP contribution < -0.4 is 0 Å². The van der Waals surface area contributed by atoms with E-state index >= 15 is 0 Å². The smallest absolute Gasteiger partial charge is 0.137 e. The Bertz CT molecular complexity index is 1150. The number of aromatic nitrogens is 3. The molecule has 3 aromatic heterocycles. The average molecular weight is 308 g/mol. The zero-order chi connectivity index (χ0) is 15.9. The first-order valence-corrected chi connectivity index (χ1v) is 7.90. The van der Waals surface area contributed by atoms with Gasteiger partial charge in [0, 0.05) is 35.1 Å². The summed E-state index contributed by atoms with van der Waals surface area (Å²) in [6, 6.07) is 23.6. The van der Waals surface area contributed by atoms with Crippen molar-refractivity contribution in [2.75, 3.05) is 0 Å². The quantitative estimate of drug-likeness (QED) is 0.492. The number of benzene rings is 2. The highest BCUT2D eigenvalue weighted by molar-refractivity contribution is 5.94.